The zero-order valence-electron chi connectivity index (χ0n) is 12.1. The molecule has 22 heavy (non-hydrogen) atoms. The number of hydrogen-bond donors (Lipinski definition) is 0. The van der Waals surface area contributed by atoms with Crippen LogP contribution in [0, 0.1) is 0 Å². The lowest BCUT2D eigenvalue weighted by Gasteiger charge is -2.14. The number of halogens is 2. The van der Waals surface area contributed by atoms with Gasteiger partial charge in [-0.1, -0.05) is 60.7 Å². The van der Waals surface area contributed by atoms with Gasteiger partial charge in [-0.3, -0.25) is 0 Å². The van der Waals surface area contributed by atoms with Crippen LogP contribution in [0.4, 0.5) is 8.78 Å². The number of hydrogen-bond acceptors (Lipinski definition) is 2. The predicted molar refractivity (Wildman–Crippen MR) is 81.5 cm³/mol. The molecule has 2 aromatic carbocycles. The van der Waals surface area contributed by atoms with E-state index >= 15 is 0 Å². The topological polar surface area (TPSA) is 26.3 Å². The predicted octanol–water partition coefficient (Wildman–Crippen LogP) is 4.32. The van der Waals surface area contributed by atoms with Crippen molar-refractivity contribution in [2.75, 3.05) is 6.61 Å². The first-order valence-corrected chi connectivity index (χ1v) is 6.93. The third-order valence-corrected chi connectivity index (χ3v) is 3.04. The molecule has 0 aliphatic heterocycles. The van der Waals surface area contributed by atoms with Crippen LogP contribution in [-0.4, -0.2) is 18.5 Å². The Labute approximate surface area is 128 Å². The van der Waals surface area contributed by atoms with E-state index in [9.17, 15) is 13.6 Å². The Kier molecular flexibility index (Phi) is 5.04. The number of benzene rings is 2. The number of rotatable bonds is 5. The summed E-state index contributed by atoms with van der Waals surface area (Å²) in [7, 11) is 0. The van der Waals surface area contributed by atoms with E-state index in [4.69, 9.17) is 0 Å². The van der Waals surface area contributed by atoms with Crippen molar-refractivity contribution in [2.45, 2.75) is 12.8 Å². The van der Waals surface area contributed by atoms with Crippen LogP contribution in [-0.2, 0) is 9.53 Å². The van der Waals surface area contributed by atoms with Crippen molar-refractivity contribution in [1.29, 1.82) is 0 Å². The fourth-order valence-electron chi connectivity index (χ4n) is 2.04. The second-order valence-electron chi connectivity index (χ2n) is 4.63. The molecule has 2 rings (SSSR count). The molecule has 0 fully saturated rings. The van der Waals surface area contributed by atoms with Gasteiger partial charge in [-0.25, -0.2) is 4.79 Å². The molecule has 0 heterocycles. The molecule has 0 aliphatic rings. The minimum Gasteiger partial charge on any atom is -0.461 e. The lowest BCUT2D eigenvalue weighted by atomic mass is 9.96. The van der Waals surface area contributed by atoms with Gasteiger partial charge in [-0.05, 0) is 23.6 Å². The Balaban J connectivity index is 2.50. The van der Waals surface area contributed by atoms with Gasteiger partial charge in [0.05, 0.1) is 6.61 Å². The fourth-order valence-corrected chi connectivity index (χ4v) is 2.04. The molecule has 0 radical (unpaired) electrons. The van der Waals surface area contributed by atoms with Crippen LogP contribution in [0.25, 0.3) is 5.57 Å². The van der Waals surface area contributed by atoms with E-state index in [1.165, 1.54) is 6.92 Å². The molecule has 114 valence electrons. The molecule has 0 unspecified atom stereocenters. The quantitative estimate of drug-likeness (QED) is 0.769. The highest BCUT2D eigenvalue weighted by Gasteiger charge is 2.38. The van der Waals surface area contributed by atoms with Gasteiger partial charge in [0.25, 0.3) is 0 Å². The van der Waals surface area contributed by atoms with Crippen LogP contribution in [0.3, 0.4) is 0 Å². The summed E-state index contributed by atoms with van der Waals surface area (Å²) in [6, 6.07) is 17.5. The summed E-state index contributed by atoms with van der Waals surface area (Å²) < 4.78 is 32.6. The third-order valence-electron chi connectivity index (χ3n) is 3.04. The van der Waals surface area contributed by atoms with E-state index in [0.29, 0.717) is 22.8 Å². The van der Waals surface area contributed by atoms with E-state index in [0.717, 1.165) is 0 Å². The van der Waals surface area contributed by atoms with Crippen LogP contribution in [0.2, 0.25) is 0 Å². The normalized spacial score (nSPS) is 10.9. The molecule has 0 N–H and O–H groups in total. The van der Waals surface area contributed by atoms with E-state index in [1.807, 2.05) is 0 Å². The first-order chi connectivity index (χ1) is 10.5. The Bertz CT molecular complexity index is 608. The smallest absolute Gasteiger partial charge is 0.381 e. The maximum absolute atomic E-state index is 14.1. The molecule has 4 heteroatoms. The number of carbonyl (C=O) groups excluding carboxylic acids is 1. The summed E-state index contributed by atoms with van der Waals surface area (Å²) in [6.45, 7) is 1.40. The van der Waals surface area contributed by atoms with Crippen LogP contribution in [0.1, 0.15) is 18.1 Å². The average molecular weight is 302 g/mol. The molecule has 0 saturated carbocycles. The fraction of sp³-hybridized carbons (Fsp3) is 0.167. The third kappa shape index (κ3) is 3.79. The second-order valence-corrected chi connectivity index (χ2v) is 4.63. The minimum absolute atomic E-state index is 0.0890. The van der Waals surface area contributed by atoms with Crippen molar-refractivity contribution in [3.63, 3.8) is 0 Å². The molecule has 0 aliphatic carbocycles. The van der Waals surface area contributed by atoms with Crippen molar-refractivity contribution < 1.29 is 18.3 Å². The average Bonchev–Trinajstić information content (AvgIpc) is 2.54. The van der Waals surface area contributed by atoms with Crippen LogP contribution in [0.15, 0.2) is 66.7 Å². The Morgan fingerprint density at radius 1 is 1.00 bits per heavy atom. The van der Waals surface area contributed by atoms with E-state index in [1.54, 1.807) is 60.7 Å². The largest absolute Gasteiger partial charge is 0.461 e. The summed E-state index contributed by atoms with van der Waals surface area (Å²) >= 11 is 0. The van der Waals surface area contributed by atoms with Gasteiger partial charge in [-0.15, -0.1) is 0 Å². The van der Waals surface area contributed by atoms with Crippen LogP contribution < -0.4 is 0 Å². The first-order valence-electron chi connectivity index (χ1n) is 6.93. The maximum Gasteiger partial charge on any atom is 0.381 e. The number of alkyl halides is 2. The SMILES string of the molecule is CCOC(=O)C(F)(F)C=C(c1ccccc1)c1ccccc1. The summed E-state index contributed by atoms with van der Waals surface area (Å²) in [5.74, 6) is -5.23. The van der Waals surface area contributed by atoms with Gasteiger partial charge in [-0.2, -0.15) is 8.78 Å². The summed E-state index contributed by atoms with van der Waals surface area (Å²) in [4.78, 5) is 11.4. The van der Waals surface area contributed by atoms with Gasteiger partial charge >= 0.3 is 11.9 Å². The monoisotopic (exact) mass is 302 g/mol. The molecule has 0 spiro atoms. The Morgan fingerprint density at radius 2 is 1.45 bits per heavy atom. The molecular weight excluding hydrogens is 286 g/mol. The van der Waals surface area contributed by atoms with Gasteiger partial charge in [0.2, 0.25) is 0 Å². The summed E-state index contributed by atoms with van der Waals surface area (Å²) in [6.07, 6.45) is 0.662. The summed E-state index contributed by atoms with van der Waals surface area (Å²) in [5.41, 5.74) is 1.51. The van der Waals surface area contributed by atoms with Crippen LogP contribution in [0.5, 0.6) is 0 Å². The van der Waals surface area contributed by atoms with Crippen molar-refractivity contribution in [2.24, 2.45) is 0 Å². The zero-order valence-corrected chi connectivity index (χ0v) is 12.1. The molecule has 0 atom stereocenters. The van der Waals surface area contributed by atoms with Gasteiger partial charge in [0, 0.05) is 6.08 Å². The number of ether oxygens (including phenoxy) is 1. The zero-order chi connectivity index (χ0) is 16.0. The lowest BCUT2D eigenvalue weighted by molar-refractivity contribution is -0.164. The van der Waals surface area contributed by atoms with E-state index < -0.39 is 11.9 Å². The Hall–Kier alpha value is -2.49. The van der Waals surface area contributed by atoms with Gasteiger partial charge < -0.3 is 4.74 Å². The van der Waals surface area contributed by atoms with Crippen molar-refractivity contribution in [3.8, 4) is 0 Å². The van der Waals surface area contributed by atoms with E-state index in [2.05, 4.69) is 4.74 Å². The van der Waals surface area contributed by atoms with Gasteiger partial charge in [0.1, 0.15) is 0 Å². The minimum atomic E-state index is -3.68. The number of esters is 1. The molecule has 2 nitrogen and oxygen atoms in total. The standard InChI is InChI=1S/C18H16F2O2/c1-2-22-17(21)18(19,20)13-16(14-9-5-3-6-10-14)15-11-7-4-8-12-15/h3-13H,2H2,1H3. The molecule has 0 amide bonds. The molecule has 0 aromatic heterocycles. The molecule has 2 aromatic rings. The first kappa shape index (κ1) is 15.9. The van der Waals surface area contributed by atoms with Crippen LogP contribution >= 0.6 is 0 Å². The second kappa shape index (κ2) is 6.98. The van der Waals surface area contributed by atoms with Crippen molar-refractivity contribution >= 4 is 11.5 Å². The molecule has 0 saturated heterocycles. The van der Waals surface area contributed by atoms with Crippen molar-refractivity contribution in [3.05, 3.63) is 77.9 Å². The highest BCUT2D eigenvalue weighted by molar-refractivity contribution is 5.87. The maximum atomic E-state index is 14.1. The van der Waals surface area contributed by atoms with E-state index in [-0.39, 0.29) is 6.61 Å². The summed E-state index contributed by atoms with van der Waals surface area (Å²) in [5, 5.41) is 0. The highest BCUT2D eigenvalue weighted by atomic mass is 19.3. The highest BCUT2D eigenvalue weighted by Crippen LogP contribution is 2.29. The van der Waals surface area contributed by atoms with Gasteiger partial charge in [0.15, 0.2) is 0 Å². The lowest BCUT2D eigenvalue weighted by Crippen LogP contribution is -2.29. The molecular formula is C18H16F2O2. The Morgan fingerprint density at radius 3 is 1.86 bits per heavy atom. The van der Waals surface area contributed by atoms with Crippen molar-refractivity contribution in [1.82, 2.24) is 0 Å². The number of carbonyl (C=O) groups is 1. The molecule has 0 bridgehead atoms.